The summed E-state index contributed by atoms with van der Waals surface area (Å²) in [6.45, 7) is 5.44. The van der Waals surface area contributed by atoms with Gasteiger partial charge < -0.3 is 9.80 Å². The van der Waals surface area contributed by atoms with Crippen LogP contribution in [0.3, 0.4) is 0 Å². The number of aromatic nitrogens is 2. The predicted molar refractivity (Wildman–Crippen MR) is 96.5 cm³/mol. The Hall–Kier alpha value is -1.70. The van der Waals surface area contributed by atoms with Crippen LogP contribution in [-0.4, -0.2) is 66.9 Å². The topological polar surface area (TPSA) is 83.5 Å². The third kappa shape index (κ3) is 4.11. The van der Waals surface area contributed by atoms with Crippen LogP contribution in [-0.2, 0) is 9.84 Å². The Kier molecular flexibility index (Phi) is 4.99. The smallest absolute Gasteiger partial charge is 0.272 e. The lowest BCUT2D eigenvalue weighted by Crippen LogP contribution is -2.40. The first-order valence-corrected chi connectivity index (χ1v) is 10.7. The molecule has 0 spiro atoms. The lowest BCUT2D eigenvalue weighted by atomic mass is 10.00. The fourth-order valence-electron chi connectivity index (χ4n) is 3.65. The molecule has 7 nitrogen and oxygen atoms in total. The number of hydrogen-bond acceptors (Lipinski definition) is 6. The number of anilines is 1. The number of carbonyl (C=O) groups excluding carboxylic acids is 1. The van der Waals surface area contributed by atoms with E-state index in [0.717, 1.165) is 25.9 Å². The molecule has 0 saturated carbocycles. The molecule has 3 heterocycles. The Labute approximate surface area is 149 Å². The molecule has 0 bridgehead atoms. The SMILES string of the molecule is Cc1nc(C(=O)N2CCCC(C)C2)cc(N(C)C2CCS(=O)(=O)C2)n1. The number of piperidine rings is 1. The molecule has 25 heavy (non-hydrogen) atoms. The van der Waals surface area contributed by atoms with Crippen molar-refractivity contribution in [2.75, 3.05) is 36.5 Å². The second kappa shape index (κ2) is 6.90. The molecule has 2 fully saturated rings. The summed E-state index contributed by atoms with van der Waals surface area (Å²) < 4.78 is 23.5. The van der Waals surface area contributed by atoms with Gasteiger partial charge in [-0.2, -0.15) is 0 Å². The Morgan fingerprint density at radius 2 is 2.08 bits per heavy atom. The largest absolute Gasteiger partial charge is 0.356 e. The van der Waals surface area contributed by atoms with Gasteiger partial charge in [0.25, 0.3) is 5.91 Å². The van der Waals surface area contributed by atoms with Gasteiger partial charge in [-0.15, -0.1) is 0 Å². The summed E-state index contributed by atoms with van der Waals surface area (Å²) in [7, 11) is -1.13. The zero-order chi connectivity index (χ0) is 18.2. The molecule has 1 aromatic heterocycles. The molecular weight excluding hydrogens is 340 g/mol. The number of nitrogens with zero attached hydrogens (tertiary/aromatic N) is 4. The molecule has 2 aliphatic heterocycles. The van der Waals surface area contributed by atoms with E-state index in [1.807, 2.05) is 16.8 Å². The monoisotopic (exact) mass is 366 g/mol. The average Bonchev–Trinajstić information content (AvgIpc) is 2.93. The molecule has 1 aromatic rings. The maximum atomic E-state index is 12.8. The van der Waals surface area contributed by atoms with Gasteiger partial charge in [0.05, 0.1) is 11.5 Å². The molecule has 0 N–H and O–H groups in total. The number of sulfone groups is 1. The maximum Gasteiger partial charge on any atom is 0.272 e. The van der Waals surface area contributed by atoms with E-state index in [9.17, 15) is 13.2 Å². The molecule has 2 aliphatic rings. The van der Waals surface area contributed by atoms with Gasteiger partial charge in [0.2, 0.25) is 0 Å². The normalized spacial score (nSPS) is 25.8. The van der Waals surface area contributed by atoms with E-state index in [0.29, 0.717) is 29.7 Å². The van der Waals surface area contributed by atoms with E-state index in [2.05, 4.69) is 16.9 Å². The Morgan fingerprint density at radius 1 is 1.32 bits per heavy atom. The van der Waals surface area contributed by atoms with Crippen molar-refractivity contribution in [3.63, 3.8) is 0 Å². The van der Waals surface area contributed by atoms with Crippen LogP contribution in [0.1, 0.15) is 42.5 Å². The molecule has 8 heteroatoms. The van der Waals surface area contributed by atoms with Crippen molar-refractivity contribution in [2.24, 2.45) is 5.92 Å². The second-order valence-corrected chi connectivity index (χ2v) is 9.55. The Bertz CT molecular complexity index is 765. The molecule has 0 radical (unpaired) electrons. The van der Waals surface area contributed by atoms with Crippen LogP contribution in [0.15, 0.2) is 6.07 Å². The summed E-state index contributed by atoms with van der Waals surface area (Å²) in [5.74, 6) is 1.93. The van der Waals surface area contributed by atoms with Gasteiger partial charge in [0, 0.05) is 32.2 Å². The summed E-state index contributed by atoms with van der Waals surface area (Å²) in [6.07, 6.45) is 2.76. The van der Waals surface area contributed by atoms with Crippen LogP contribution < -0.4 is 4.90 Å². The first kappa shape index (κ1) is 18.1. The summed E-state index contributed by atoms with van der Waals surface area (Å²) in [6, 6.07) is 1.59. The van der Waals surface area contributed by atoms with Crippen molar-refractivity contribution in [3.05, 3.63) is 17.6 Å². The van der Waals surface area contributed by atoms with Gasteiger partial charge in [0.1, 0.15) is 17.3 Å². The van der Waals surface area contributed by atoms with Crippen LogP contribution in [0.4, 0.5) is 5.82 Å². The highest BCUT2D eigenvalue weighted by Gasteiger charge is 2.32. The summed E-state index contributed by atoms with van der Waals surface area (Å²) in [5.41, 5.74) is 0.393. The number of hydrogen-bond donors (Lipinski definition) is 0. The predicted octanol–water partition coefficient (Wildman–Crippen LogP) is 1.28. The van der Waals surface area contributed by atoms with Gasteiger partial charge in [-0.05, 0) is 32.1 Å². The third-order valence-corrected chi connectivity index (χ3v) is 6.86. The van der Waals surface area contributed by atoms with Crippen LogP contribution >= 0.6 is 0 Å². The minimum absolute atomic E-state index is 0.0641. The van der Waals surface area contributed by atoms with E-state index in [1.54, 1.807) is 13.0 Å². The highest BCUT2D eigenvalue weighted by molar-refractivity contribution is 7.91. The minimum Gasteiger partial charge on any atom is -0.356 e. The first-order chi connectivity index (χ1) is 11.7. The van der Waals surface area contributed by atoms with Crippen LogP contribution in [0, 0.1) is 12.8 Å². The van der Waals surface area contributed by atoms with Crippen LogP contribution in [0.25, 0.3) is 0 Å². The Balaban J connectivity index is 1.81. The lowest BCUT2D eigenvalue weighted by Gasteiger charge is -2.31. The molecule has 3 rings (SSSR count). The van der Waals surface area contributed by atoms with Crippen molar-refractivity contribution in [2.45, 2.75) is 39.2 Å². The number of rotatable bonds is 3. The van der Waals surface area contributed by atoms with Crippen molar-refractivity contribution in [1.29, 1.82) is 0 Å². The number of carbonyl (C=O) groups is 1. The molecule has 2 unspecified atom stereocenters. The van der Waals surface area contributed by atoms with E-state index >= 15 is 0 Å². The van der Waals surface area contributed by atoms with Crippen molar-refractivity contribution in [3.8, 4) is 0 Å². The molecule has 2 saturated heterocycles. The molecule has 0 aromatic carbocycles. The van der Waals surface area contributed by atoms with Gasteiger partial charge in [0.15, 0.2) is 9.84 Å². The highest BCUT2D eigenvalue weighted by Crippen LogP contribution is 2.23. The lowest BCUT2D eigenvalue weighted by molar-refractivity contribution is 0.0676. The van der Waals surface area contributed by atoms with Gasteiger partial charge in [-0.1, -0.05) is 6.92 Å². The van der Waals surface area contributed by atoms with Crippen molar-refractivity contribution in [1.82, 2.24) is 14.9 Å². The third-order valence-electron chi connectivity index (χ3n) is 5.11. The fourth-order valence-corrected chi connectivity index (χ4v) is 5.42. The molecule has 2 atom stereocenters. The number of likely N-dealkylation sites (tertiary alicyclic amines) is 1. The number of amides is 1. The van der Waals surface area contributed by atoms with E-state index in [1.165, 1.54) is 0 Å². The van der Waals surface area contributed by atoms with Crippen LogP contribution in [0.2, 0.25) is 0 Å². The van der Waals surface area contributed by atoms with E-state index in [4.69, 9.17) is 0 Å². The van der Waals surface area contributed by atoms with Crippen molar-refractivity contribution >= 4 is 21.6 Å². The van der Waals surface area contributed by atoms with Gasteiger partial charge in [-0.3, -0.25) is 4.79 Å². The standard InChI is InChI=1S/C17H26N4O3S/c1-12-5-4-7-21(10-12)17(22)15-9-16(19-13(2)18-15)20(3)14-6-8-25(23,24)11-14/h9,12,14H,4-8,10-11H2,1-3H3. The van der Waals surface area contributed by atoms with Gasteiger partial charge in [-0.25, -0.2) is 18.4 Å². The summed E-state index contributed by atoms with van der Waals surface area (Å²) in [5, 5.41) is 0. The zero-order valence-electron chi connectivity index (χ0n) is 15.1. The fraction of sp³-hybridized carbons (Fsp3) is 0.706. The quantitative estimate of drug-likeness (QED) is 0.801. The molecule has 1 amide bonds. The van der Waals surface area contributed by atoms with Gasteiger partial charge >= 0.3 is 0 Å². The van der Waals surface area contributed by atoms with Crippen molar-refractivity contribution < 1.29 is 13.2 Å². The minimum atomic E-state index is -2.97. The molecular formula is C17H26N4O3S. The highest BCUT2D eigenvalue weighted by atomic mass is 32.2. The summed E-state index contributed by atoms with van der Waals surface area (Å²) in [4.78, 5) is 25.3. The second-order valence-electron chi connectivity index (χ2n) is 7.32. The van der Waals surface area contributed by atoms with E-state index < -0.39 is 9.84 Å². The van der Waals surface area contributed by atoms with E-state index in [-0.39, 0.29) is 23.5 Å². The maximum absolute atomic E-state index is 12.8. The molecule has 138 valence electrons. The molecule has 0 aliphatic carbocycles. The first-order valence-electron chi connectivity index (χ1n) is 8.83. The van der Waals surface area contributed by atoms with Crippen LogP contribution in [0.5, 0.6) is 0 Å². The average molecular weight is 366 g/mol. The summed E-state index contributed by atoms with van der Waals surface area (Å²) >= 11 is 0. The Morgan fingerprint density at radius 3 is 2.72 bits per heavy atom. The number of aryl methyl sites for hydroxylation is 1. The zero-order valence-corrected chi connectivity index (χ0v) is 15.9.